The van der Waals surface area contributed by atoms with Crippen LogP contribution < -0.4 is 4.78 Å². The van der Waals surface area contributed by atoms with Gasteiger partial charge in [-0.05, 0) is 39.8 Å². The molecule has 1 aliphatic rings. The van der Waals surface area contributed by atoms with Crippen molar-refractivity contribution in [2.75, 3.05) is 0 Å². The Kier molecular flexibility index (Phi) is 2.56. The molecule has 2 aromatic rings. The van der Waals surface area contributed by atoms with E-state index in [-0.39, 0.29) is 18.3 Å². The Hall–Kier alpha value is -0.905. The summed E-state index contributed by atoms with van der Waals surface area (Å²) in [6.07, 6.45) is 3.69. The molecular weight excluding hydrogens is 245 g/mol. The molecule has 0 amide bonds. The summed E-state index contributed by atoms with van der Waals surface area (Å²) >= 11 is 1.71. The molecule has 94 valence electrons. The van der Waals surface area contributed by atoms with Gasteiger partial charge in [-0.25, -0.2) is 0 Å². The largest absolute Gasteiger partial charge is 0.505 e. The Bertz CT molecular complexity index is 544. The quantitative estimate of drug-likeness (QED) is 0.739. The maximum atomic E-state index is 6.05. The number of nitrogens with zero attached hydrogens (tertiary/aromatic N) is 1. The molecule has 0 spiro atoms. The van der Waals surface area contributed by atoms with Crippen LogP contribution in [0.3, 0.4) is 0 Å². The molecule has 18 heavy (non-hydrogen) atoms. The Morgan fingerprint density at radius 2 is 1.83 bits per heavy atom. The van der Waals surface area contributed by atoms with Crippen molar-refractivity contribution in [3.05, 3.63) is 24.5 Å². The van der Waals surface area contributed by atoms with Gasteiger partial charge in [-0.15, -0.1) is 11.3 Å². The normalized spacial score (nSPS) is 21.7. The minimum atomic E-state index is -0.286. The zero-order valence-electron chi connectivity index (χ0n) is 11.1. The standard InChI is InChI=1S/C13H16BNO2S/c1-12(2)13(3,4)17-14(16-12)11-7-9-8-15-6-5-10(9)18-11/h5-8H,1-4H3. The van der Waals surface area contributed by atoms with Crippen molar-refractivity contribution in [1.29, 1.82) is 0 Å². The van der Waals surface area contributed by atoms with E-state index >= 15 is 0 Å². The number of hydrogen-bond acceptors (Lipinski definition) is 4. The summed E-state index contributed by atoms with van der Waals surface area (Å²) in [7, 11) is -0.271. The molecule has 2 aromatic heterocycles. The van der Waals surface area contributed by atoms with E-state index in [1.807, 2.05) is 18.5 Å². The molecule has 0 N–H and O–H groups in total. The first-order valence-electron chi connectivity index (χ1n) is 6.08. The number of rotatable bonds is 1. The highest BCUT2D eigenvalue weighted by Gasteiger charge is 2.52. The molecule has 5 heteroatoms. The van der Waals surface area contributed by atoms with Crippen molar-refractivity contribution in [3.63, 3.8) is 0 Å². The first kappa shape index (κ1) is 12.1. The Morgan fingerprint density at radius 1 is 1.17 bits per heavy atom. The molecule has 1 saturated heterocycles. The van der Waals surface area contributed by atoms with E-state index in [0.29, 0.717) is 0 Å². The first-order valence-corrected chi connectivity index (χ1v) is 6.90. The minimum absolute atomic E-state index is 0.271. The van der Waals surface area contributed by atoms with Crippen LogP contribution in [-0.4, -0.2) is 23.3 Å². The van der Waals surface area contributed by atoms with Crippen LogP contribution in [-0.2, 0) is 9.31 Å². The lowest BCUT2D eigenvalue weighted by Gasteiger charge is -2.32. The van der Waals surface area contributed by atoms with Crippen molar-refractivity contribution >= 4 is 33.3 Å². The van der Waals surface area contributed by atoms with Gasteiger partial charge in [0.25, 0.3) is 0 Å². The average molecular weight is 261 g/mol. The molecule has 0 aliphatic carbocycles. The highest BCUT2D eigenvalue weighted by atomic mass is 32.1. The predicted molar refractivity (Wildman–Crippen MR) is 75.3 cm³/mol. The topological polar surface area (TPSA) is 31.4 Å². The Balaban J connectivity index is 1.97. The molecule has 3 heterocycles. The molecule has 0 unspecified atom stereocenters. The number of pyridine rings is 1. The molecule has 3 nitrogen and oxygen atoms in total. The van der Waals surface area contributed by atoms with E-state index in [1.165, 1.54) is 4.70 Å². The maximum absolute atomic E-state index is 6.05. The van der Waals surface area contributed by atoms with E-state index in [1.54, 1.807) is 11.3 Å². The zero-order chi connectivity index (χ0) is 13.0. The summed E-state index contributed by atoms with van der Waals surface area (Å²) < 4.78 is 14.4. The summed E-state index contributed by atoms with van der Waals surface area (Å²) in [5, 5.41) is 1.15. The van der Waals surface area contributed by atoms with Crippen LogP contribution in [0.2, 0.25) is 0 Å². The fourth-order valence-electron chi connectivity index (χ4n) is 1.98. The van der Waals surface area contributed by atoms with Gasteiger partial charge in [0.15, 0.2) is 0 Å². The van der Waals surface area contributed by atoms with E-state index < -0.39 is 0 Å². The Morgan fingerprint density at radius 3 is 2.44 bits per heavy atom. The summed E-state index contributed by atoms with van der Waals surface area (Å²) in [5.41, 5.74) is -0.571. The lowest BCUT2D eigenvalue weighted by Crippen LogP contribution is -2.41. The van der Waals surface area contributed by atoms with Crippen LogP contribution in [0.4, 0.5) is 0 Å². The summed E-state index contributed by atoms with van der Waals surface area (Å²) in [6.45, 7) is 8.29. The van der Waals surface area contributed by atoms with Crippen LogP contribution in [0.5, 0.6) is 0 Å². The van der Waals surface area contributed by atoms with Gasteiger partial charge < -0.3 is 9.31 Å². The maximum Gasteiger partial charge on any atom is 0.505 e. The predicted octanol–water partition coefficient (Wildman–Crippen LogP) is 2.60. The van der Waals surface area contributed by atoms with E-state index in [9.17, 15) is 0 Å². The SMILES string of the molecule is CC1(C)OB(c2cc3cnccc3s2)OC1(C)C. The Labute approximate surface area is 111 Å². The molecule has 1 fully saturated rings. The fraction of sp³-hybridized carbons (Fsp3) is 0.462. The van der Waals surface area contributed by atoms with E-state index in [2.05, 4.69) is 38.7 Å². The molecule has 1 aliphatic heterocycles. The van der Waals surface area contributed by atoms with Gasteiger partial charge in [0.1, 0.15) is 0 Å². The molecule has 0 radical (unpaired) electrons. The number of aromatic nitrogens is 1. The van der Waals surface area contributed by atoms with Crippen LogP contribution in [0.1, 0.15) is 27.7 Å². The first-order chi connectivity index (χ1) is 8.39. The van der Waals surface area contributed by atoms with Gasteiger partial charge in [0, 0.05) is 27.3 Å². The highest BCUT2D eigenvalue weighted by Crippen LogP contribution is 2.37. The molecular formula is C13H16BNO2S. The van der Waals surface area contributed by atoms with Gasteiger partial charge in [0.2, 0.25) is 0 Å². The molecule has 0 aromatic carbocycles. The second-order valence-corrected chi connectivity index (χ2v) is 6.77. The van der Waals surface area contributed by atoms with Crippen molar-refractivity contribution in [1.82, 2.24) is 4.98 Å². The molecule has 3 rings (SSSR count). The smallest absolute Gasteiger partial charge is 0.399 e. The van der Waals surface area contributed by atoms with Crippen molar-refractivity contribution < 1.29 is 9.31 Å². The third kappa shape index (κ3) is 1.78. The van der Waals surface area contributed by atoms with Crippen molar-refractivity contribution in [3.8, 4) is 0 Å². The molecule has 0 bridgehead atoms. The summed E-state index contributed by atoms with van der Waals surface area (Å²) in [4.78, 5) is 4.14. The van der Waals surface area contributed by atoms with Crippen molar-refractivity contribution in [2.24, 2.45) is 0 Å². The lowest BCUT2D eigenvalue weighted by atomic mass is 9.88. The third-order valence-electron chi connectivity index (χ3n) is 3.82. The van der Waals surface area contributed by atoms with Gasteiger partial charge >= 0.3 is 7.12 Å². The lowest BCUT2D eigenvalue weighted by molar-refractivity contribution is 0.00578. The van der Waals surface area contributed by atoms with Crippen molar-refractivity contribution in [2.45, 2.75) is 38.9 Å². The van der Waals surface area contributed by atoms with Gasteiger partial charge in [-0.3, -0.25) is 4.98 Å². The van der Waals surface area contributed by atoms with Gasteiger partial charge in [-0.2, -0.15) is 0 Å². The van der Waals surface area contributed by atoms with E-state index in [0.717, 1.165) is 10.2 Å². The summed E-state index contributed by atoms with van der Waals surface area (Å²) in [6, 6.07) is 4.13. The second kappa shape index (κ2) is 3.79. The van der Waals surface area contributed by atoms with Crippen LogP contribution in [0, 0.1) is 0 Å². The number of fused-ring (bicyclic) bond motifs is 1. The fourth-order valence-corrected chi connectivity index (χ4v) is 2.97. The van der Waals surface area contributed by atoms with E-state index in [4.69, 9.17) is 9.31 Å². The number of hydrogen-bond donors (Lipinski definition) is 0. The van der Waals surface area contributed by atoms with Crippen LogP contribution in [0.15, 0.2) is 24.5 Å². The third-order valence-corrected chi connectivity index (χ3v) is 4.96. The van der Waals surface area contributed by atoms with Gasteiger partial charge in [-0.1, -0.05) is 0 Å². The summed E-state index contributed by atoms with van der Waals surface area (Å²) in [5.74, 6) is 0. The molecule has 0 atom stereocenters. The second-order valence-electron chi connectivity index (χ2n) is 5.65. The van der Waals surface area contributed by atoms with Gasteiger partial charge in [0.05, 0.1) is 11.2 Å². The van der Waals surface area contributed by atoms with Crippen LogP contribution in [0.25, 0.3) is 10.1 Å². The van der Waals surface area contributed by atoms with Crippen LogP contribution >= 0.6 is 11.3 Å². The monoisotopic (exact) mass is 261 g/mol. The molecule has 0 saturated carbocycles. The zero-order valence-corrected chi connectivity index (χ0v) is 11.9. The average Bonchev–Trinajstić information content (AvgIpc) is 2.78. The number of thiophene rings is 1. The minimum Gasteiger partial charge on any atom is -0.399 e. The highest BCUT2D eigenvalue weighted by molar-refractivity contribution is 7.28.